The average Bonchev–Trinajstić information content (AvgIpc) is 2.40. The van der Waals surface area contributed by atoms with Gasteiger partial charge in [0.1, 0.15) is 0 Å². The number of rotatable bonds is 4. The van der Waals surface area contributed by atoms with E-state index < -0.39 is 12.2 Å². The lowest BCUT2D eigenvalue weighted by molar-refractivity contribution is 0.0730. The molecule has 0 fully saturated rings. The summed E-state index contributed by atoms with van der Waals surface area (Å²) in [4.78, 5) is 0. The van der Waals surface area contributed by atoms with Crippen LogP contribution in [-0.2, 0) is 0 Å². The summed E-state index contributed by atoms with van der Waals surface area (Å²) >= 11 is 0. The molecular weight excluding hydrogens is 236 g/mol. The summed E-state index contributed by atoms with van der Waals surface area (Å²) in [5.41, 5.74) is 3.27. The molecule has 0 radical (unpaired) electrons. The Kier molecular flexibility index (Phi) is 4.35. The van der Waals surface area contributed by atoms with Gasteiger partial charge in [-0.15, -0.1) is 0 Å². The van der Waals surface area contributed by atoms with Crippen molar-refractivity contribution in [3.05, 3.63) is 60.2 Å². The summed E-state index contributed by atoms with van der Waals surface area (Å²) in [5, 5.41) is 19.5. The van der Waals surface area contributed by atoms with Crippen molar-refractivity contribution in [2.45, 2.75) is 32.0 Å². The maximum absolute atomic E-state index is 9.76. The molecule has 2 rings (SSSR count). The van der Waals surface area contributed by atoms with Crippen molar-refractivity contribution in [1.82, 2.24) is 0 Å². The van der Waals surface area contributed by atoms with Crippen LogP contribution in [0.25, 0.3) is 11.1 Å². The van der Waals surface area contributed by atoms with Crippen LogP contribution in [0.2, 0.25) is 0 Å². The van der Waals surface area contributed by atoms with E-state index in [0.29, 0.717) is 0 Å². The second kappa shape index (κ2) is 6.00. The van der Waals surface area contributed by atoms with Crippen LogP contribution in [0.5, 0.6) is 0 Å². The Morgan fingerprint density at radius 2 is 1.16 bits per heavy atom. The molecule has 2 aromatic rings. The van der Waals surface area contributed by atoms with Crippen molar-refractivity contribution < 1.29 is 10.2 Å². The summed E-state index contributed by atoms with van der Waals surface area (Å²) in [7, 11) is 0. The van der Waals surface area contributed by atoms with Gasteiger partial charge >= 0.3 is 0 Å². The molecule has 2 unspecified atom stereocenters. The highest BCUT2D eigenvalue weighted by molar-refractivity contribution is 5.63. The largest absolute Gasteiger partial charge is 0.393 e. The van der Waals surface area contributed by atoms with E-state index in [4.69, 9.17) is 0 Å². The van der Waals surface area contributed by atoms with E-state index in [1.165, 1.54) is 5.56 Å². The quantitative estimate of drug-likeness (QED) is 0.882. The van der Waals surface area contributed by atoms with Gasteiger partial charge in [-0.2, -0.15) is 0 Å². The minimum Gasteiger partial charge on any atom is -0.393 e. The topological polar surface area (TPSA) is 40.5 Å². The number of benzene rings is 2. The molecule has 0 saturated heterocycles. The monoisotopic (exact) mass is 256 g/mol. The average molecular weight is 256 g/mol. The highest BCUT2D eigenvalue weighted by Crippen LogP contribution is 2.27. The normalized spacial score (nSPS) is 15.8. The van der Waals surface area contributed by atoms with Gasteiger partial charge in [0.25, 0.3) is 0 Å². The first-order chi connectivity index (χ1) is 9.09. The van der Waals surface area contributed by atoms with Gasteiger partial charge in [-0.25, -0.2) is 0 Å². The summed E-state index contributed by atoms with van der Waals surface area (Å²) in [6.07, 6.45) is -1.13. The Morgan fingerprint density at radius 3 is 1.63 bits per heavy atom. The Morgan fingerprint density at radius 1 is 0.684 bits per heavy atom. The van der Waals surface area contributed by atoms with Gasteiger partial charge in [0.2, 0.25) is 0 Å². The third kappa shape index (κ3) is 3.22. The van der Waals surface area contributed by atoms with Crippen molar-refractivity contribution in [2.75, 3.05) is 0 Å². The number of hydrogen-bond acceptors (Lipinski definition) is 2. The zero-order chi connectivity index (χ0) is 13.8. The van der Waals surface area contributed by atoms with E-state index in [1.54, 1.807) is 13.8 Å². The van der Waals surface area contributed by atoms with E-state index in [-0.39, 0.29) is 5.92 Å². The highest BCUT2D eigenvalue weighted by Gasteiger charge is 2.22. The molecule has 0 saturated carbocycles. The lowest BCUT2D eigenvalue weighted by Gasteiger charge is -2.23. The Labute approximate surface area is 114 Å². The van der Waals surface area contributed by atoms with E-state index in [2.05, 4.69) is 12.1 Å². The SMILES string of the molecule is CC(O)C(c1ccc(-c2ccccc2)cc1)C(C)O. The summed E-state index contributed by atoms with van der Waals surface area (Å²) in [6, 6.07) is 18.2. The molecule has 0 heterocycles. The lowest BCUT2D eigenvalue weighted by Crippen LogP contribution is -2.25. The van der Waals surface area contributed by atoms with Crippen LogP contribution in [0.1, 0.15) is 25.3 Å². The van der Waals surface area contributed by atoms with Gasteiger partial charge in [0, 0.05) is 5.92 Å². The molecule has 2 aromatic carbocycles. The molecule has 2 atom stereocenters. The van der Waals surface area contributed by atoms with E-state index in [1.807, 2.05) is 42.5 Å². The smallest absolute Gasteiger partial charge is 0.0605 e. The van der Waals surface area contributed by atoms with E-state index >= 15 is 0 Å². The molecule has 0 amide bonds. The van der Waals surface area contributed by atoms with Crippen molar-refractivity contribution >= 4 is 0 Å². The van der Waals surface area contributed by atoms with Gasteiger partial charge in [-0.05, 0) is 30.5 Å². The first-order valence-corrected chi connectivity index (χ1v) is 6.61. The third-order valence-electron chi connectivity index (χ3n) is 3.44. The fourth-order valence-electron chi connectivity index (χ4n) is 2.49. The molecule has 2 N–H and O–H groups in total. The first kappa shape index (κ1) is 13.8. The number of hydrogen-bond donors (Lipinski definition) is 2. The minimum absolute atomic E-state index is 0.246. The van der Waals surface area contributed by atoms with E-state index in [0.717, 1.165) is 11.1 Å². The Hall–Kier alpha value is -1.64. The van der Waals surface area contributed by atoms with Crippen molar-refractivity contribution in [2.24, 2.45) is 0 Å². The predicted molar refractivity (Wildman–Crippen MR) is 78.0 cm³/mol. The minimum atomic E-state index is -0.567. The van der Waals surface area contributed by atoms with Crippen LogP contribution in [-0.4, -0.2) is 22.4 Å². The van der Waals surface area contributed by atoms with Crippen molar-refractivity contribution in [3.63, 3.8) is 0 Å². The zero-order valence-corrected chi connectivity index (χ0v) is 11.3. The second-order valence-corrected chi connectivity index (χ2v) is 5.00. The molecule has 2 nitrogen and oxygen atoms in total. The molecule has 0 spiro atoms. The second-order valence-electron chi connectivity index (χ2n) is 5.00. The van der Waals surface area contributed by atoms with Gasteiger partial charge in [0.05, 0.1) is 12.2 Å². The molecule has 0 bridgehead atoms. The van der Waals surface area contributed by atoms with Gasteiger partial charge in [-0.3, -0.25) is 0 Å². The summed E-state index contributed by atoms with van der Waals surface area (Å²) in [6.45, 7) is 3.42. The van der Waals surface area contributed by atoms with Crippen LogP contribution in [0.3, 0.4) is 0 Å². The maximum Gasteiger partial charge on any atom is 0.0605 e. The van der Waals surface area contributed by atoms with Crippen LogP contribution in [0.15, 0.2) is 54.6 Å². The van der Waals surface area contributed by atoms with E-state index in [9.17, 15) is 10.2 Å². The van der Waals surface area contributed by atoms with Crippen LogP contribution in [0.4, 0.5) is 0 Å². The van der Waals surface area contributed by atoms with Gasteiger partial charge in [0.15, 0.2) is 0 Å². The number of aliphatic hydroxyl groups excluding tert-OH is 2. The molecule has 2 heteroatoms. The highest BCUT2D eigenvalue weighted by atomic mass is 16.3. The molecule has 0 aliphatic heterocycles. The maximum atomic E-state index is 9.76. The predicted octanol–water partition coefficient (Wildman–Crippen LogP) is 3.20. The molecule has 0 aliphatic carbocycles. The molecule has 100 valence electrons. The van der Waals surface area contributed by atoms with Crippen LogP contribution >= 0.6 is 0 Å². The molecule has 0 aliphatic rings. The van der Waals surface area contributed by atoms with Gasteiger partial charge < -0.3 is 10.2 Å². The van der Waals surface area contributed by atoms with Crippen molar-refractivity contribution in [1.29, 1.82) is 0 Å². The van der Waals surface area contributed by atoms with Crippen molar-refractivity contribution in [3.8, 4) is 11.1 Å². The summed E-state index contributed by atoms with van der Waals surface area (Å²) < 4.78 is 0. The van der Waals surface area contributed by atoms with Crippen LogP contribution < -0.4 is 0 Å². The fourth-order valence-corrected chi connectivity index (χ4v) is 2.49. The molecule has 0 aromatic heterocycles. The Balaban J connectivity index is 2.28. The van der Waals surface area contributed by atoms with Crippen LogP contribution in [0, 0.1) is 0 Å². The molecular formula is C17H20O2. The number of aliphatic hydroxyl groups is 2. The standard InChI is InChI=1S/C17H20O2/c1-12(18)17(13(2)19)16-10-8-15(9-11-16)14-6-4-3-5-7-14/h3-13,17-19H,1-2H3. The Bertz CT molecular complexity index is 493. The fraction of sp³-hybridized carbons (Fsp3) is 0.294. The lowest BCUT2D eigenvalue weighted by atomic mass is 9.88. The summed E-state index contributed by atoms with van der Waals surface area (Å²) in [5.74, 6) is -0.246. The first-order valence-electron chi connectivity index (χ1n) is 6.61. The van der Waals surface area contributed by atoms with Gasteiger partial charge in [-0.1, -0.05) is 54.6 Å². The third-order valence-corrected chi connectivity index (χ3v) is 3.44. The molecule has 19 heavy (non-hydrogen) atoms. The zero-order valence-electron chi connectivity index (χ0n) is 11.3.